The van der Waals surface area contributed by atoms with Gasteiger partial charge in [0, 0.05) is 38.7 Å². The van der Waals surface area contributed by atoms with Crippen LogP contribution in [0.3, 0.4) is 0 Å². The summed E-state index contributed by atoms with van der Waals surface area (Å²) in [5.41, 5.74) is 1.19. The van der Waals surface area contributed by atoms with Gasteiger partial charge in [-0.25, -0.2) is 0 Å². The zero-order valence-corrected chi connectivity index (χ0v) is 13.3. The van der Waals surface area contributed by atoms with Gasteiger partial charge in [0.05, 0.1) is 25.9 Å². The Bertz CT molecular complexity index is 534. The highest BCUT2D eigenvalue weighted by Crippen LogP contribution is 2.26. The summed E-state index contributed by atoms with van der Waals surface area (Å²) in [4.78, 5) is 16.2. The maximum atomic E-state index is 11.9. The molecule has 0 N–H and O–H groups in total. The molecular weight excluding hydrogens is 280 g/mol. The molecule has 1 aromatic carbocycles. The number of para-hydroxylation sites is 1. The van der Waals surface area contributed by atoms with Gasteiger partial charge in [-0.15, -0.1) is 0 Å². The zero-order chi connectivity index (χ0) is 15.5. The Hall–Kier alpha value is -1.59. The van der Waals surface area contributed by atoms with Crippen LogP contribution in [0, 0.1) is 0 Å². The van der Waals surface area contributed by atoms with Gasteiger partial charge in [-0.2, -0.15) is 0 Å². The second-order valence-corrected chi connectivity index (χ2v) is 6.02. The number of carbonyl (C=O) groups excluding carboxylic acids is 1. The molecule has 120 valence electrons. The number of carbonyl (C=O) groups is 1. The molecule has 2 aliphatic rings. The number of hydrogen-bond donors (Lipinski definition) is 0. The molecule has 0 bridgehead atoms. The Kier molecular flexibility index (Phi) is 4.64. The third-order valence-electron chi connectivity index (χ3n) is 4.66. The van der Waals surface area contributed by atoms with Crippen LogP contribution in [0.25, 0.3) is 0 Å². The van der Waals surface area contributed by atoms with Crippen LogP contribution in [0.2, 0.25) is 0 Å². The van der Waals surface area contributed by atoms with Crippen molar-refractivity contribution in [3.05, 3.63) is 29.8 Å². The van der Waals surface area contributed by atoms with Crippen molar-refractivity contribution in [2.75, 3.05) is 33.4 Å². The number of ether oxygens (including phenoxy) is 2. The van der Waals surface area contributed by atoms with Crippen molar-refractivity contribution in [2.45, 2.75) is 32.0 Å². The fourth-order valence-electron chi connectivity index (χ4n) is 3.55. The predicted molar refractivity (Wildman–Crippen MR) is 83.8 cm³/mol. The van der Waals surface area contributed by atoms with E-state index < -0.39 is 0 Å². The highest BCUT2D eigenvalue weighted by molar-refractivity contribution is 5.73. The molecule has 5 heteroatoms. The smallest absolute Gasteiger partial charge is 0.219 e. The minimum Gasteiger partial charge on any atom is -0.496 e. The lowest BCUT2D eigenvalue weighted by Crippen LogP contribution is -2.60. The van der Waals surface area contributed by atoms with E-state index in [1.807, 2.05) is 23.1 Å². The quantitative estimate of drug-likeness (QED) is 0.849. The average molecular weight is 304 g/mol. The normalized spacial score (nSPS) is 25.6. The Morgan fingerprint density at radius 2 is 2.18 bits per heavy atom. The predicted octanol–water partition coefficient (Wildman–Crippen LogP) is 1.52. The van der Waals surface area contributed by atoms with Crippen LogP contribution in [0.4, 0.5) is 0 Å². The monoisotopic (exact) mass is 304 g/mol. The standard InChI is InChI=1S/C17H24N2O3/c1-13(20)19-9-10-22-17-7-8-18(12-15(17)19)11-14-5-3-4-6-16(14)21-2/h3-6,15,17H,7-12H2,1-2H3/t15-,17-/m0/s1. The highest BCUT2D eigenvalue weighted by atomic mass is 16.5. The number of methoxy groups -OCH3 is 1. The Morgan fingerprint density at radius 3 is 2.95 bits per heavy atom. The second kappa shape index (κ2) is 6.67. The van der Waals surface area contributed by atoms with Crippen LogP contribution < -0.4 is 4.74 Å². The fourth-order valence-corrected chi connectivity index (χ4v) is 3.55. The van der Waals surface area contributed by atoms with Gasteiger partial charge in [-0.05, 0) is 12.5 Å². The zero-order valence-electron chi connectivity index (χ0n) is 13.3. The topological polar surface area (TPSA) is 42.0 Å². The number of fused-ring (bicyclic) bond motifs is 1. The summed E-state index contributed by atoms with van der Waals surface area (Å²) in [7, 11) is 1.71. The third kappa shape index (κ3) is 3.10. The third-order valence-corrected chi connectivity index (χ3v) is 4.66. The number of amides is 1. The number of likely N-dealkylation sites (tertiary alicyclic amines) is 1. The van der Waals surface area contributed by atoms with Crippen LogP contribution in [0.5, 0.6) is 5.75 Å². The molecule has 0 spiro atoms. The molecule has 2 fully saturated rings. The minimum atomic E-state index is 0.150. The maximum absolute atomic E-state index is 11.9. The molecule has 0 saturated carbocycles. The fraction of sp³-hybridized carbons (Fsp3) is 0.588. The number of hydrogen-bond acceptors (Lipinski definition) is 4. The summed E-state index contributed by atoms with van der Waals surface area (Å²) in [6.45, 7) is 5.72. The van der Waals surface area contributed by atoms with E-state index in [0.29, 0.717) is 13.2 Å². The van der Waals surface area contributed by atoms with Crippen LogP contribution >= 0.6 is 0 Å². The lowest BCUT2D eigenvalue weighted by molar-refractivity contribution is -0.150. The summed E-state index contributed by atoms with van der Waals surface area (Å²) in [5, 5.41) is 0. The van der Waals surface area contributed by atoms with Crippen molar-refractivity contribution in [3.63, 3.8) is 0 Å². The minimum absolute atomic E-state index is 0.150. The summed E-state index contributed by atoms with van der Waals surface area (Å²) in [6.07, 6.45) is 1.16. The van der Waals surface area contributed by atoms with Gasteiger partial charge < -0.3 is 14.4 Å². The molecule has 2 saturated heterocycles. The van der Waals surface area contributed by atoms with Gasteiger partial charge in [0.2, 0.25) is 5.91 Å². The van der Waals surface area contributed by atoms with Crippen molar-refractivity contribution in [1.29, 1.82) is 0 Å². The molecule has 0 aliphatic carbocycles. The van der Waals surface area contributed by atoms with E-state index >= 15 is 0 Å². The van der Waals surface area contributed by atoms with E-state index in [1.54, 1.807) is 14.0 Å². The molecule has 1 aromatic rings. The van der Waals surface area contributed by atoms with E-state index in [4.69, 9.17) is 9.47 Å². The van der Waals surface area contributed by atoms with Gasteiger partial charge in [0.25, 0.3) is 0 Å². The van der Waals surface area contributed by atoms with Crippen molar-refractivity contribution < 1.29 is 14.3 Å². The maximum Gasteiger partial charge on any atom is 0.219 e. The van der Waals surface area contributed by atoms with Crippen molar-refractivity contribution in [2.24, 2.45) is 0 Å². The molecule has 5 nitrogen and oxygen atoms in total. The summed E-state index contributed by atoms with van der Waals surface area (Å²) < 4.78 is 11.3. The van der Waals surface area contributed by atoms with E-state index in [0.717, 1.165) is 31.8 Å². The van der Waals surface area contributed by atoms with E-state index in [9.17, 15) is 4.79 Å². The van der Waals surface area contributed by atoms with Crippen LogP contribution in [0.1, 0.15) is 18.9 Å². The largest absolute Gasteiger partial charge is 0.496 e. The number of piperidine rings is 1. The first-order valence-electron chi connectivity index (χ1n) is 7.92. The Morgan fingerprint density at radius 1 is 1.36 bits per heavy atom. The first-order chi connectivity index (χ1) is 10.7. The number of nitrogens with zero attached hydrogens (tertiary/aromatic N) is 2. The summed E-state index contributed by atoms with van der Waals surface area (Å²) in [5.74, 6) is 1.07. The van der Waals surface area contributed by atoms with Crippen molar-refractivity contribution in [1.82, 2.24) is 9.80 Å². The summed E-state index contributed by atoms with van der Waals surface area (Å²) >= 11 is 0. The first kappa shape index (κ1) is 15.3. The van der Waals surface area contributed by atoms with Crippen LogP contribution in [0.15, 0.2) is 24.3 Å². The second-order valence-electron chi connectivity index (χ2n) is 6.02. The molecule has 3 rings (SSSR count). The first-order valence-corrected chi connectivity index (χ1v) is 7.92. The van der Waals surface area contributed by atoms with Gasteiger partial charge in [0.15, 0.2) is 0 Å². The SMILES string of the molecule is COc1ccccc1CN1CC[C@@H]2OCCN(C(C)=O)[C@H]2C1. The molecule has 2 heterocycles. The molecule has 1 amide bonds. The molecule has 2 aliphatic heterocycles. The van der Waals surface area contributed by atoms with Gasteiger partial charge >= 0.3 is 0 Å². The summed E-state index contributed by atoms with van der Waals surface area (Å²) in [6, 6.07) is 8.30. The van der Waals surface area contributed by atoms with Crippen LogP contribution in [-0.4, -0.2) is 61.2 Å². The van der Waals surface area contributed by atoms with Crippen molar-refractivity contribution in [3.8, 4) is 5.75 Å². The number of benzene rings is 1. The molecule has 0 aromatic heterocycles. The highest BCUT2D eigenvalue weighted by Gasteiger charge is 2.38. The molecule has 2 atom stereocenters. The average Bonchev–Trinajstić information content (AvgIpc) is 2.54. The van der Waals surface area contributed by atoms with E-state index in [1.165, 1.54) is 5.56 Å². The van der Waals surface area contributed by atoms with Crippen LogP contribution in [-0.2, 0) is 16.1 Å². The Balaban J connectivity index is 1.70. The van der Waals surface area contributed by atoms with Gasteiger partial charge in [-0.1, -0.05) is 18.2 Å². The Labute approximate surface area is 131 Å². The number of morpholine rings is 1. The van der Waals surface area contributed by atoms with E-state index in [-0.39, 0.29) is 18.1 Å². The molecule has 0 unspecified atom stereocenters. The molecular formula is C17H24N2O3. The van der Waals surface area contributed by atoms with E-state index in [2.05, 4.69) is 11.0 Å². The molecule has 0 radical (unpaired) electrons. The number of rotatable bonds is 3. The van der Waals surface area contributed by atoms with Crippen molar-refractivity contribution >= 4 is 5.91 Å². The van der Waals surface area contributed by atoms with Gasteiger partial charge in [0.1, 0.15) is 5.75 Å². The molecule has 22 heavy (non-hydrogen) atoms. The lowest BCUT2D eigenvalue weighted by Gasteiger charge is -2.46. The van der Waals surface area contributed by atoms with Gasteiger partial charge in [-0.3, -0.25) is 9.69 Å². The lowest BCUT2D eigenvalue weighted by atomic mass is 9.98.